The number of anilines is 1. The molecule has 0 heterocycles. The first kappa shape index (κ1) is 19.9. The van der Waals surface area contributed by atoms with E-state index in [9.17, 15) is 22.8 Å². The Morgan fingerprint density at radius 2 is 1.48 bits per heavy atom. The first-order valence-corrected chi connectivity index (χ1v) is 8.87. The number of ether oxygens (including phenoxy) is 1. The van der Waals surface area contributed by atoms with E-state index in [0.29, 0.717) is 5.56 Å². The van der Waals surface area contributed by atoms with Gasteiger partial charge in [-0.05, 0) is 42.8 Å². The van der Waals surface area contributed by atoms with Crippen LogP contribution < -0.4 is 4.72 Å². The molecule has 2 rings (SSSR count). The molecule has 0 amide bonds. The van der Waals surface area contributed by atoms with Crippen LogP contribution >= 0.6 is 0 Å². The van der Waals surface area contributed by atoms with Gasteiger partial charge in [0.15, 0.2) is 0 Å². The van der Waals surface area contributed by atoms with Crippen LogP contribution in [-0.2, 0) is 14.8 Å². The molecular formula is C17H15NO8S. The lowest BCUT2D eigenvalue weighted by atomic mass is 10.1. The van der Waals surface area contributed by atoms with Crippen LogP contribution in [0.2, 0.25) is 0 Å². The van der Waals surface area contributed by atoms with Crippen molar-refractivity contribution in [2.24, 2.45) is 0 Å². The third-order valence-corrected chi connectivity index (χ3v) is 4.96. The Morgan fingerprint density at radius 1 is 0.926 bits per heavy atom. The summed E-state index contributed by atoms with van der Waals surface area (Å²) in [5.74, 6) is -3.62. The Labute approximate surface area is 154 Å². The van der Waals surface area contributed by atoms with Gasteiger partial charge in [-0.2, -0.15) is 0 Å². The first-order valence-electron chi connectivity index (χ1n) is 7.38. The lowest BCUT2D eigenvalue weighted by molar-refractivity contribution is 0.0599. The molecule has 2 aromatic carbocycles. The topological polar surface area (TPSA) is 147 Å². The minimum Gasteiger partial charge on any atom is -0.478 e. The number of aromatic carboxylic acids is 2. The number of esters is 1. The summed E-state index contributed by atoms with van der Waals surface area (Å²) < 4.78 is 32.1. The van der Waals surface area contributed by atoms with Crippen molar-refractivity contribution in [3.05, 3.63) is 58.7 Å². The van der Waals surface area contributed by atoms with Crippen LogP contribution in [0.1, 0.15) is 36.6 Å². The maximum atomic E-state index is 12.6. The molecule has 0 radical (unpaired) electrons. The highest BCUT2D eigenvalue weighted by atomic mass is 32.2. The van der Waals surface area contributed by atoms with Gasteiger partial charge in [-0.1, -0.05) is 6.07 Å². The van der Waals surface area contributed by atoms with Gasteiger partial charge in [0, 0.05) is 0 Å². The van der Waals surface area contributed by atoms with E-state index < -0.39 is 44.0 Å². The molecule has 27 heavy (non-hydrogen) atoms. The number of carboxylic acid groups (broad SMARTS) is 2. The Hall–Kier alpha value is -3.40. The van der Waals surface area contributed by atoms with E-state index >= 15 is 0 Å². The number of aryl methyl sites for hydroxylation is 1. The van der Waals surface area contributed by atoms with Crippen molar-refractivity contribution in [3.63, 3.8) is 0 Å². The molecule has 0 aliphatic heterocycles. The van der Waals surface area contributed by atoms with E-state index in [1.807, 2.05) is 0 Å². The summed E-state index contributed by atoms with van der Waals surface area (Å²) >= 11 is 0. The molecule has 0 saturated heterocycles. The summed E-state index contributed by atoms with van der Waals surface area (Å²) in [6, 6.07) is 6.75. The summed E-state index contributed by atoms with van der Waals surface area (Å²) in [6.45, 7) is 1.59. The molecule has 0 spiro atoms. The maximum absolute atomic E-state index is 12.6. The minimum absolute atomic E-state index is 0.0653. The molecular weight excluding hydrogens is 378 g/mol. The Morgan fingerprint density at radius 3 is 1.96 bits per heavy atom. The highest BCUT2D eigenvalue weighted by Gasteiger charge is 2.21. The zero-order valence-electron chi connectivity index (χ0n) is 14.2. The van der Waals surface area contributed by atoms with Gasteiger partial charge in [-0.15, -0.1) is 0 Å². The van der Waals surface area contributed by atoms with Crippen LogP contribution in [0.3, 0.4) is 0 Å². The van der Waals surface area contributed by atoms with Crippen LogP contribution in [-0.4, -0.2) is 43.6 Å². The highest BCUT2D eigenvalue weighted by molar-refractivity contribution is 7.92. The Bertz CT molecular complexity index is 1010. The molecule has 0 saturated carbocycles. The molecule has 142 valence electrons. The molecule has 0 aromatic heterocycles. The number of sulfonamides is 1. The van der Waals surface area contributed by atoms with Gasteiger partial charge in [0.25, 0.3) is 10.0 Å². The Kier molecular flexibility index (Phi) is 5.50. The summed E-state index contributed by atoms with van der Waals surface area (Å²) in [7, 11) is -3.15. The predicted molar refractivity (Wildman–Crippen MR) is 93.7 cm³/mol. The van der Waals surface area contributed by atoms with E-state index in [-0.39, 0.29) is 11.3 Å². The van der Waals surface area contributed by atoms with Gasteiger partial charge in [0.1, 0.15) is 0 Å². The molecule has 3 N–H and O–H groups in total. The van der Waals surface area contributed by atoms with Crippen molar-refractivity contribution in [2.75, 3.05) is 11.8 Å². The second kappa shape index (κ2) is 7.46. The van der Waals surface area contributed by atoms with Crippen LogP contribution in [0, 0.1) is 6.92 Å². The van der Waals surface area contributed by atoms with Gasteiger partial charge in [-0.25, -0.2) is 22.8 Å². The highest BCUT2D eigenvalue weighted by Crippen LogP contribution is 2.23. The molecule has 0 atom stereocenters. The maximum Gasteiger partial charge on any atom is 0.337 e. The summed E-state index contributed by atoms with van der Waals surface area (Å²) in [4.78, 5) is 33.4. The molecule has 2 aromatic rings. The molecule has 0 bridgehead atoms. The average Bonchev–Trinajstić information content (AvgIpc) is 2.62. The first-order chi connectivity index (χ1) is 12.5. The minimum atomic E-state index is -4.33. The zero-order chi connectivity index (χ0) is 20.4. The number of rotatable bonds is 6. The third kappa shape index (κ3) is 4.42. The van der Waals surface area contributed by atoms with Crippen molar-refractivity contribution in [2.45, 2.75) is 11.8 Å². The van der Waals surface area contributed by atoms with Crippen molar-refractivity contribution < 1.29 is 37.8 Å². The average molecular weight is 393 g/mol. The number of nitrogens with one attached hydrogen (secondary N) is 1. The molecule has 0 aliphatic rings. The van der Waals surface area contributed by atoms with Crippen LogP contribution in [0.15, 0.2) is 41.3 Å². The van der Waals surface area contributed by atoms with Gasteiger partial charge in [0.05, 0.1) is 34.4 Å². The van der Waals surface area contributed by atoms with Gasteiger partial charge in [-0.3, -0.25) is 4.72 Å². The summed E-state index contributed by atoms with van der Waals surface area (Å²) in [6.07, 6.45) is 0. The number of carbonyl (C=O) groups excluding carboxylic acids is 1. The standard InChI is InChI=1S/C17H15NO8S/c1-9-3-4-10(17(23)26-2)8-14(9)18-27(24,25)13-6-11(15(19)20)5-12(7-13)16(21)22/h3-8,18H,1-2H3,(H,19,20)(H,21,22). The van der Waals surface area contributed by atoms with Gasteiger partial charge < -0.3 is 14.9 Å². The predicted octanol–water partition coefficient (Wildman–Crippen LogP) is 1.98. The van der Waals surface area contributed by atoms with Crippen molar-refractivity contribution in [1.29, 1.82) is 0 Å². The quantitative estimate of drug-likeness (QED) is 0.631. The number of hydrogen-bond donors (Lipinski definition) is 3. The molecule has 10 heteroatoms. The second-order valence-corrected chi connectivity index (χ2v) is 7.17. The van der Waals surface area contributed by atoms with Crippen LogP contribution in [0.4, 0.5) is 5.69 Å². The monoisotopic (exact) mass is 393 g/mol. The summed E-state index contributed by atoms with van der Waals surface area (Å²) in [5.41, 5.74) is -0.327. The smallest absolute Gasteiger partial charge is 0.337 e. The van der Waals surface area contributed by atoms with E-state index in [4.69, 9.17) is 10.2 Å². The van der Waals surface area contributed by atoms with Gasteiger partial charge >= 0.3 is 17.9 Å². The zero-order valence-corrected chi connectivity index (χ0v) is 15.0. The lowest BCUT2D eigenvalue weighted by Gasteiger charge is -2.13. The lowest BCUT2D eigenvalue weighted by Crippen LogP contribution is -2.16. The van der Waals surface area contributed by atoms with Gasteiger partial charge in [0.2, 0.25) is 0 Å². The third-order valence-electron chi connectivity index (χ3n) is 3.61. The molecule has 0 aliphatic carbocycles. The molecule has 0 fully saturated rings. The Balaban J connectivity index is 2.53. The largest absolute Gasteiger partial charge is 0.478 e. The van der Waals surface area contributed by atoms with Crippen LogP contribution in [0.5, 0.6) is 0 Å². The van der Waals surface area contributed by atoms with E-state index in [0.717, 1.165) is 18.2 Å². The normalized spacial score (nSPS) is 10.9. The molecule has 9 nitrogen and oxygen atoms in total. The van der Waals surface area contributed by atoms with E-state index in [2.05, 4.69) is 9.46 Å². The van der Waals surface area contributed by atoms with Crippen molar-refractivity contribution in [3.8, 4) is 0 Å². The number of methoxy groups -OCH3 is 1. The summed E-state index contributed by atoms with van der Waals surface area (Å²) in [5, 5.41) is 18.2. The van der Waals surface area contributed by atoms with E-state index in [1.165, 1.54) is 25.3 Å². The fourth-order valence-corrected chi connectivity index (χ4v) is 3.37. The molecule has 0 unspecified atom stereocenters. The number of carbonyl (C=O) groups is 3. The number of benzene rings is 2. The fourth-order valence-electron chi connectivity index (χ4n) is 2.18. The SMILES string of the molecule is COC(=O)c1ccc(C)c(NS(=O)(=O)c2cc(C(=O)O)cc(C(=O)O)c2)c1. The van der Waals surface area contributed by atoms with Crippen LogP contribution in [0.25, 0.3) is 0 Å². The number of hydrogen-bond acceptors (Lipinski definition) is 6. The van der Waals surface area contributed by atoms with Crippen molar-refractivity contribution in [1.82, 2.24) is 0 Å². The number of carboxylic acids is 2. The van der Waals surface area contributed by atoms with Crippen molar-refractivity contribution >= 4 is 33.6 Å². The second-order valence-electron chi connectivity index (χ2n) is 5.48. The fraction of sp³-hybridized carbons (Fsp3) is 0.118. The van der Waals surface area contributed by atoms with E-state index in [1.54, 1.807) is 6.92 Å².